The molecule has 0 bridgehead atoms. The summed E-state index contributed by atoms with van der Waals surface area (Å²) in [5.74, 6) is -0.383. The Morgan fingerprint density at radius 1 is 0.765 bits per heavy atom. The van der Waals surface area contributed by atoms with E-state index in [2.05, 4.69) is 16.0 Å². The fourth-order valence-corrected chi connectivity index (χ4v) is 4.46. The van der Waals surface area contributed by atoms with Gasteiger partial charge in [-0.25, -0.2) is 4.57 Å². The molecule has 0 radical (unpaired) electrons. The van der Waals surface area contributed by atoms with Gasteiger partial charge in [0.25, 0.3) is 0 Å². The second-order valence-electron chi connectivity index (χ2n) is 9.13. The molecule has 0 spiro atoms. The third-order valence-corrected chi connectivity index (χ3v) is 6.71. The van der Waals surface area contributed by atoms with Crippen molar-refractivity contribution in [3.8, 4) is 0 Å². The standard InChI is InChI=1S/C25H52NO7P/c1-2-3-4-5-6-7-8-9-10-11-12-13-14-15-16-17-18-19-25(28)31-22-24(27)23-33-34(29,30)32-21-20-26/h24,27H,2-23,26H2,1H3,(H,29,30)/t24-/m1/s1. The zero-order valence-electron chi connectivity index (χ0n) is 21.6. The number of aliphatic hydroxyl groups excluding tert-OH is 1. The third kappa shape index (κ3) is 24.6. The molecule has 0 heterocycles. The van der Waals surface area contributed by atoms with Gasteiger partial charge in [-0.3, -0.25) is 13.8 Å². The first kappa shape index (κ1) is 33.5. The maximum atomic E-state index is 11.7. The average Bonchev–Trinajstić information content (AvgIpc) is 2.82. The minimum Gasteiger partial charge on any atom is -0.463 e. The normalized spacial score (nSPS) is 14.1. The van der Waals surface area contributed by atoms with Crippen molar-refractivity contribution in [2.24, 2.45) is 5.73 Å². The fraction of sp³-hybridized carbons (Fsp3) is 0.960. The molecule has 0 aliphatic heterocycles. The van der Waals surface area contributed by atoms with Crippen molar-refractivity contribution >= 4 is 13.8 Å². The number of hydrogen-bond acceptors (Lipinski definition) is 7. The van der Waals surface area contributed by atoms with E-state index in [0.717, 1.165) is 19.3 Å². The predicted octanol–water partition coefficient (Wildman–Crippen LogP) is 6.02. The molecule has 0 fully saturated rings. The molecule has 2 atom stereocenters. The highest BCUT2D eigenvalue weighted by molar-refractivity contribution is 7.47. The van der Waals surface area contributed by atoms with Crippen LogP contribution in [0.5, 0.6) is 0 Å². The van der Waals surface area contributed by atoms with Gasteiger partial charge in [-0.15, -0.1) is 0 Å². The molecular formula is C25H52NO7P. The van der Waals surface area contributed by atoms with Gasteiger partial charge in [-0.1, -0.05) is 110 Å². The number of carbonyl (C=O) groups is 1. The van der Waals surface area contributed by atoms with Gasteiger partial charge >= 0.3 is 13.8 Å². The first-order valence-corrected chi connectivity index (χ1v) is 15.1. The van der Waals surface area contributed by atoms with Gasteiger partial charge in [0.1, 0.15) is 12.7 Å². The number of phosphoric acid groups is 1. The van der Waals surface area contributed by atoms with Crippen molar-refractivity contribution in [1.29, 1.82) is 0 Å². The number of nitrogens with two attached hydrogens (primary N) is 1. The summed E-state index contributed by atoms with van der Waals surface area (Å²) in [6.07, 6.45) is 21.0. The Bertz CT molecular complexity index is 508. The van der Waals surface area contributed by atoms with E-state index in [1.54, 1.807) is 0 Å². The summed E-state index contributed by atoms with van der Waals surface area (Å²) >= 11 is 0. The molecule has 0 amide bonds. The number of unbranched alkanes of at least 4 members (excludes halogenated alkanes) is 16. The van der Waals surface area contributed by atoms with Gasteiger partial charge in [-0.2, -0.15) is 0 Å². The van der Waals surface area contributed by atoms with Gasteiger partial charge in [-0.05, 0) is 6.42 Å². The molecule has 1 unspecified atom stereocenters. The third-order valence-electron chi connectivity index (χ3n) is 5.72. The molecule has 0 aliphatic carbocycles. The fourth-order valence-electron chi connectivity index (χ4n) is 3.69. The summed E-state index contributed by atoms with van der Waals surface area (Å²) in [6, 6.07) is 0. The van der Waals surface area contributed by atoms with Crippen LogP contribution in [0, 0.1) is 0 Å². The van der Waals surface area contributed by atoms with Crippen LogP contribution in [0.2, 0.25) is 0 Å². The monoisotopic (exact) mass is 509 g/mol. The van der Waals surface area contributed by atoms with E-state index in [4.69, 9.17) is 10.5 Å². The summed E-state index contributed by atoms with van der Waals surface area (Å²) in [5.41, 5.74) is 5.17. The average molecular weight is 510 g/mol. The number of ether oxygens (including phenoxy) is 1. The Morgan fingerprint density at radius 2 is 1.21 bits per heavy atom. The predicted molar refractivity (Wildman–Crippen MR) is 137 cm³/mol. The van der Waals surface area contributed by atoms with Crippen LogP contribution in [0.25, 0.3) is 0 Å². The van der Waals surface area contributed by atoms with E-state index in [9.17, 15) is 19.4 Å². The number of phosphoric ester groups is 1. The highest BCUT2D eigenvalue weighted by Gasteiger charge is 2.22. The number of hydrogen-bond donors (Lipinski definition) is 3. The maximum Gasteiger partial charge on any atom is 0.472 e. The first-order valence-electron chi connectivity index (χ1n) is 13.6. The first-order chi connectivity index (χ1) is 16.4. The van der Waals surface area contributed by atoms with Crippen LogP contribution in [0.4, 0.5) is 0 Å². The molecule has 9 heteroatoms. The summed E-state index contributed by atoms with van der Waals surface area (Å²) in [5, 5.41) is 9.69. The Hall–Kier alpha value is -0.500. The van der Waals surface area contributed by atoms with Crippen LogP contribution in [-0.4, -0.2) is 48.4 Å². The lowest BCUT2D eigenvalue weighted by molar-refractivity contribution is -0.147. The maximum absolute atomic E-state index is 11.7. The quantitative estimate of drug-likeness (QED) is 0.0733. The Balaban J connectivity index is 3.38. The van der Waals surface area contributed by atoms with Gasteiger partial charge < -0.3 is 20.5 Å². The molecule has 4 N–H and O–H groups in total. The number of aliphatic hydroxyl groups is 1. The summed E-state index contributed by atoms with van der Waals surface area (Å²) in [4.78, 5) is 21.1. The second-order valence-corrected chi connectivity index (χ2v) is 10.6. The van der Waals surface area contributed by atoms with Crippen LogP contribution >= 0.6 is 7.82 Å². The zero-order valence-corrected chi connectivity index (χ0v) is 22.5. The van der Waals surface area contributed by atoms with Crippen LogP contribution in [-0.2, 0) is 23.1 Å². The SMILES string of the molecule is CCCCCCCCCCCCCCCCCCCC(=O)OC[C@@H](O)COP(=O)(O)OCCN. The molecule has 0 aromatic heterocycles. The zero-order chi connectivity index (χ0) is 25.3. The molecule has 0 saturated carbocycles. The molecular weight excluding hydrogens is 457 g/mol. The molecule has 8 nitrogen and oxygen atoms in total. The van der Waals surface area contributed by atoms with E-state index in [1.807, 2.05) is 0 Å². The van der Waals surface area contributed by atoms with Gasteiger partial charge in [0, 0.05) is 13.0 Å². The van der Waals surface area contributed by atoms with E-state index < -0.39 is 20.5 Å². The molecule has 0 saturated heterocycles. The highest BCUT2D eigenvalue weighted by Crippen LogP contribution is 2.42. The molecule has 204 valence electrons. The summed E-state index contributed by atoms with van der Waals surface area (Å²) < 4.78 is 25.6. The number of rotatable bonds is 26. The summed E-state index contributed by atoms with van der Waals surface area (Å²) in [6.45, 7) is 1.46. The molecule has 0 aromatic carbocycles. The minimum atomic E-state index is -4.24. The van der Waals surface area contributed by atoms with Gasteiger partial charge in [0.05, 0.1) is 13.2 Å². The number of carbonyl (C=O) groups excluding carboxylic acids is 1. The lowest BCUT2D eigenvalue weighted by Crippen LogP contribution is -2.23. The van der Waals surface area contributed by atoms with Crippen molar-refractivity contribution in [2.75, 3.05) is 26.4 Å². The Labute approximate surface area is 207 Å². The van der Waals surface area contributed by atoms with E-state index >= 15 is 0 Å². The van der Waals surface area contributed by atoms with Crippen molar-refractivity contribution in [2.45, 2.75) is 129 Å². The smallest absolute Gasteiger partial charge is 0.463 e. The van der Waals surface area contributed by atoms with Gasteiger partial charge in [0.2, 0.25) is 0 Å². The lowest BCUT2D eigenvalue weighted by Gasteiger charge is -2.15. The number of esters is 1. The minimum absolute atomic E-state index is 0.0769. The van der Waals surface area contributed by atoms with E-state index in [-0.39, 0.29) is 25.7 Å². The molecule has 0 rings (SSSR count). The van der Waals surface area contributed by atoms with Gasteiger partial charge in [0.15, 0.2) is 0 Å². The van der Waals surface area contributed by atoms with Crippen LogP contribution in [0.15, 0.2) is 0 Å². The highest BCUT2D eigenvalue weighted by atomic mass is 31.2. The molecule has 0 aromatic rings. The van der Waals surface area contributed by atoms with E-state index in [0.29, 0.717) is 6.42 Å². The Kier molecular flexibility index (Phi) is 23.8. The molecule has 34 heavy (non-hydrogen) atoms. The topological polar surface area (TPSA) is 128 Å². The van der Waals surface area contributed by atoms with Crippen molar-refractivity contribution < 1.29 is 33.1 Å². The van der Waals surface area contributed by atoms with Crippen molar-refractivity contribution in [1.82, 2.24) is 0 Å². The van der Waals surface area contributed by atoms with Crippen molar-refractivity contribution in [3.63, 3.8) is 0 Å². The lowest BCUT2D eigenvalue weighted by atomic mass is 10.0. The van der Waals surface area contributed by atoms with Crippen LogP contribution in [0.1, 0.15) is 122 Å². The van der Waals surface area contributed by atoms with Crippen molar-refractivity contribution in [3.05, 3.63) is 0 Å². The van der Waals surface area contributed by atoms with Crippen LogP contribution in [0.3, 0.4) is 0 Å². The largest absolute Gasteiger partial charge is 0.472 e. The molecule has 0 aliphatic rings. The second kappa shape index (κ2) is 24.2. The van der Waals surface area contributed by atoms with E-state index in [1.165, 1.54) is 89.9 Å². The Morgan fingerprint density at radius 3 is 1.65 bits per heavy atom. The van der Waals surface area contributed by atoms with Crippen LogP contribution < -0.4 is 5.73 Å². The summed E-state index contributed by atoms with van der Waals surface area (Å²) in [7, 11) is -4.24.